The Bertz CT molecular complexity index is 1140. The molecule has 0 unspecified atom stereocenters. The number of ether oxygens (including phenoxy) is 2. The molecule has 0 spiro atoms. The number of pyridine rings is 1. The third-order valence-corrected chi connectivity index (χ3v) is 5.94. The normalized spacial score (nSPS) is 17.6. The third-order valence-electron chi connectivity index (χ3n) is 5.94. The van der Waals surface area contributed by atoms with E-state index < -0.39 is 5.91 Å². The Hall–Kier alpha value is -3.95. The molecule has 2 aromatic heterocycles. The fraction of sp³-hybridized carbons (Fsp3) is 0.400. The number of rotatable bonds is 8. The lowest BCUT2D eigenvalue weighted by molar-refractivity contribution is -0.147. The van der Waals surface area contributed by atoms with Crippen molar-refractivity contribution in [3.63, 3.8) is 0 Å². The second-order valence-electron chi connectivity index (χ2n) is 8.77. The molecule has 0 atom stereocenters. The summed E-state index contributed by atoms with van der Waals surface area (Å²) in [5.41, 5.74) is 2.47. The number of benzene rings is 1. The zero-order valence-corrected chi connectivity index (χ0v) is 20.0. The van der Waals surface area contributed by atoms with Crippen LogP contribution in [0.1, 0.15) is 61.7 Å². The summed E-state index contributed by atoms with van der Waals surface area (Å²) in [6.45, 7) is 4.25. The fourth-order valence-corrected chi connectivity index (χ4v) is 3.90. The van der Waals surface area contributed by atoms with Crippen LogP contribution in [0.2, 0.25) is 0 Å². The Morgan fingerprint density at radius 2 is 1.71 bits per heavy atom. The van der Waals surface area contributed by atoms with Crippen LogP contribution in [0.5, 0.6) is 5.88 Å². The standard InChI is InChI=1S/C25H29N5O5/c1-15(2)16-4-8-18(9-5-16)28-25-30-29-23(35-25)22(31)27-19-10-13-21(26-14-19)34-20-11-6-17(7-12-20)24(32)33-3/h4-5,8-10,13-15,17,20H,6-7,11-12H2,1-3H3,(H,27,31)(H,28,30)/t17-,20+. The van der Waals surface area contributed by atoms with Crippen molar-refractivity contribution < 1.29 is 23.5 Å². The van der Waals surface area contributed by atoms with Crippen LogP contribution in [-0.4, -0.2) is 40.3 Å². The number of anilines is 3. The zero-order valence-electron chi connectivity index (χ0n) is 20.0. The van der Waals surface area contributed by atoms with E-state index in [-0.39, 0.29) is 29.9 Å². The Balaban J connectivity index is 1.27. The predicted octanol–water partition coefficient (Wildman–Crippen LogP) is 4.69. The van der Waals surface area contributed by atoms with Crippen molar-refractivity contribution in [2.45, 2.75) is 51.6 Å². The number of nitrogens with one attached hydrogen (secondary N) is 2. The molecule has 2 N–H and O–H groups in total. The van der Waals surface area contributed by atoms with Gasteiger partial charge in [-0.3, -0.25) is 9.59 Å². The summed E-state index contributed by atoms with van der Waals surface area (Å²) in [5, 5.41) is 13.4. The van der Waals surface area contributed by atoms with E-state index in [0.717, 1.165) is 31.4 Å². The van der Waals surface area contributed by atoms with Crippen molar-refractivity contribution in [3.8, 4) is 5.88 Å². The van der Waals surface area contributed by atoms with Crippen LogP contribution in [0.15, 0.2) is 47.0 Å². The quantitative estimate of drug-likeness (QED) is 0.442. The number of hydrogen-bond acceptors (Lipinski definition) is 9. The SMILES string of the molecule is COC(=O)[C@H]1CC[C@@H](Oc2ccc(NC(=O)c3nnc(Nc4ccc(C(C)C)cc4)o3)cn2)CC1. The lowest BCUT2D eigenvalue weighted by atomic mass is 9.87. The van der Waals surface area contributed by atoms with Crippen molar-refractivity contribution in [2.24, 2.45) is 5.92 Å². The summed E-state index contributed by atoms with van der Waals surface area (Å²) < 4.78 is 16.2. The van der Waals surface area contributed by atoms with Gasteiger partial charge in [0.15, 0.2) is 0 Å². The van der Waals surface area contributed by atoms with Gasteiger partial charge in [-0.1, -0.05) is 31.1 Å². The van der Waals surface area contributed by atoms with E-state index in [4.69, 9.17) is 13.9 Å². The largest absolute Gasteiger partial charge is 0.474 e. The van der Waals surface area contributed by atoms with Crippen LogP contribution >= 0.6 is 0 Å². The molecule has 10 nitrogen and oxygen atoms in total. The highest BCUT2D eigenvalue weighted by molar-refractivity contribution is 6.00. The van der Waals surface area contributed by atoms with Crippen LogP contribution in [0.25, 0.3) is 0 Å². The van der Waals surface area contributed by atoms with Crippen LogP contribution in [0, 0.1) is 5.92 Å². The zero-order chi connectivity index (χ0) is 24.8. The second kappa shape index (κ2) is 11.0. The first-order chi connectivity index (χ1) is 16.9. The topological polar surface area (TPSA) is 128 Å². The molecule has 1 aliphatic carbocycles. The Kier molecular flexibility index (Phi) is 7.59. The number of aromatic nitrogens is 3. The number of nitrogens with zero attached hydrogens (tertiary/aromatic N) is 3. The molecule has 0 saturated heterocycles. The maximum Gasteiger partial charge on any atom is 0.320 e. The van der Waals surface area contributed by atoms with Gasteiger partial charge in [-0.2, -0.15) is 0 Å². The average molecular weight is 480 g/mol. The maximum atomic E-state index is 12.5. The smallest absolute Gasteiger partial charge is 0.320 e. The molecule has 0 aliphatic heterocycles. The molecule has 1 aromatic carbocycles. The summed E-state index contributed by atoms with van der Waals surface area (Å²) in [4.78, 5) is 28.4. The molecule has 0 bridgehead atoms. The predicted molar refractivity (Wildman–Crippen MR) is 129 cm³/mol. The molecule has 1 aliphatic rings. The number of esters is 1. The molecular weight excluding hydrogens is 450 g/mol. The summed E-state index contributed by atoms with van der Waals surface area (Å²) >= 11 is 0. The van der Waals surface area contributed by atoms with E-state index >= 15 is 0 Å². The molecule has 1 saturated carbocycles. The lowest BCUT2D eigenvalue weighted by Crippen LogP contribution is -2.28. The van der Waals surface area contributed by atoms with Gasteiger partial charge in [-0.25, -0.2) is 4.98 Å². The summed E-state index contributed by atoms with van der Waals surface area (Å²) in [6.07, 6.45) is 4.48. The van der Waals surface area contributed by atoms with Crippen LogP contribution in [0.3, 0.4) is 0 Å². The van der Waals surface area contributed by atoms with Gasteiger partial charge < -0.3 is 24.5 Å². The first kappa shape index (κ1) is 24.2. The van der Waals surface area contributed by atoms with Crippen LogP contribution in [0.4, 0.5) is 17.4 Å². The summed E-state index contributed by atoms with van der Waals surface area (Å²) in [5.74, 6) is -0.0446. The Labute approximate surface area is 203 Å². The van der Waals surface area contributed by atoms with E-state index in [1.54, 1.807) is 12.1 Å². The average Bonchev–Trinajstić information content (AvgIpc) is 3.34. The molecule has 1 fully saturated rings. The first-order valence-corrected chi connectivity index (χ1v) is 11.6. The van der Waals surface area contributed by atoms with Gasteiger partial charge in [0, 0.05) is 11.8 Å². The molecule has 35 heavy (non-hydrogen) atoms. The van der Waals surface area contributed by atoms with Crippen molar-refractivity contribution in [2.75, 3.05) is 17.7 Å². The van der Waals surface area contributed by atoms with Crippen molar-refractivity contribution >= 4 is 29.3 Å². The third kappa shape index (κ3) is 6.34. The minimum absolute atomic E-state index is 0.00487. The number of amides is 1. The highest BCUT2D eigenvalue weighted by Gasteiger charge is 2.28. The molecule has 3 aromatic rings. The van der Waals surface area contributed by atoms with Gasteiger partial charge >= 0.3 is 23.8 Å². The molecule has 4 rings (SSSR count). The highest BCUT2D eigenvalue weighted by atomic mass is 16.5. The molecule has 0 radical (unpaired) electrons. The van der Waals surface area contributed by atoms with E-state index in [1.165, 1.54) is 18.9 Å². The highest BCUT2D eigenvalue weighted by Crippen LogP contribution is 2.28. The minimum Gasteiger partial charge on any atom is -0.474 e. The van der Waals surface area contributed by atoms with Crippen LogP contribution in [-0.2, 0) is 9.53 Å². The van der Waals surface area contributed by atoms with E-state index in [2.05, 4.69) is 39.7 Å². The molecule has 10 heteroatoms. The number of carbonyl (C=O) groups is 2. The van der Waals surface area contributed by atoms with Crippen LogP contribution < -0.4 is 15.4 Å². The molecule has 1 amide bonds. The molecular formula is C25H29N5O5. The van der Waals surface area contributed by atoms with Gasteiger partial charge in [0.2, 0.25) is 5.88 Å². The molecule has 184 valence electrons. The van der Waals surface area contributed by atoms with Crippen molar-refractivity contribution in [3.05, 3.63) is 54.0 Å². The van der Waals surface area contributed by atoms with Gasteiger partial charge in [0.1, 0.15) is 6.10 Å². The number of carbonyl (C=O) groups excluding carboxylic acids is 2. The van der Waals surface area contributed by atoms with Gasteiger partial charge in [-0.05, 0) is 55.4 Å². The van der Waals surface area contributed by atoms with E-state index in [1.807, 2.05) is 24.3 Å². The monoisotopic (exact) mass is 479 g/mol. The van der Waals surface area contributed by atoms with E-state index in [0.29, 0.717) is 17.5 Å². The minimum atomic E-state index is -0.544. The summed E-state index contributed by atoms with van der Waals surface area (Å²) in [7, 11) is 1.41. The fourth-order valence-electron chi connectivity index (χ4n) is 3.90. The maximum absolute atomic E-state index is 12.5. The Morgan fingerprint density at radius 3 is 2.34 bits per heavy atom. The van der Waals surface area contributed by atoms with Crippen molar-refractivity contribution in [1.82, 2.24) is 15.2 Å². The van der Waals surface area contributed by atoms with Crippen molar-refractivity contribution in [1.29, 1.82) is 0 Å². The number of methoxy groups -OCH3 is 1. The molecule has 2 heterocycles. The summed E-state index contributed by atoms with van der Waals surface area (Å²) in [6, 6.07) is 11.4. The van der Waals surface area contributed by atoms with Gasteiger partial charge in [0.05, 0.1) is 24.9 Å². The Morgan fingerprint density at radius 1 is 1.00 bits per heavy atom. The second-order valence-corrected chi connectivity index (χ2v) is 8.77. The van der Waals surface area contributed by atoms with Gasteiger partial charge in [0.25, 0.3) is 0 Å². The number of hydrogen-bond donors (Lipinski definition) is 2. The van der Waals surface area contributed by atoms with E-state index in [9.17, 15) is 9.59 Å². The lowest BCUT2D eigenvalue weighted by Gasteiger charge is -2.27. The first-order valence-electron chi connectivity index (χ1n) is 11.6. The van der Waals surface area contributed by atoms with Gasteiger partial charge in [-0.15, -0.1) is 5.10 Å².